The number of amides is 1. The van der Waals surface area contributed by atoms with Crippen molar-refractivity contribution in [3.8, 4) is 0 Å². The molecule has 0 aromatic heterocycles. The summed E-state index contributed by atoms with van der Waals surface area (Å²) in [6.07, 6.45) is 4.17. The number of nitrogens with one attached hydrogen (secondary N) is 2. The summed E-state index contributed by atoms with van der Waals surface area (Å²) >= 11 is 0. The van der Waals surface area contributed by atoms with Crippen LogP contribution >= 0.6 is 0 Å². The molecular weight excluding hydrogens is 220 g/mol. The SMILES string of the molecule is O=C(CCNC1CC1)NCC1(O)CCOCC1. The van der Waals surface area contributed by atoms with Gasteiger partial charge >= 0.3 is 0 Å². The maximum absolute atomic E-state index is 11.5. The normalized spacial score (nSPS) is 23.4. The van der Waals surface area contributed by atoms with Crippen molar-refractivity contribution in [2.75, 3.05) is 26.3 Å². The molecule has 98 valence electrons. The number of hydrogen-bond acceptors (Lipinski definition) is 4. The number of rotatable bonds is 6. The lowest BCUT2D eigenvalue weighted by Crippen LogP contribution is -2.47. The molecule has 0 bridgehead atoms. The Morgan fingerprint density at radius 1 is 1.35 bits per heavy atom. The van der Waals surface area contributed by atoms with Gasteiger partial charge in [0.1, 0.15) is 0 Å². The Labute approximate surface area is 102 Å². The Morgan fingerprint density at radius 2 is 2.06 bits per heavy atom. The molecule has 2 fully saturated rings. The quantitative estimate of drug-likeness (QED) is 0.602. The minimum atomic E-state index is -0.766. The highest BCUT2D eigenvalue weighted by molar-refractivity contribution is 5.76. The van der Waals surface area contributed by atoms with Crippen LogP contribution in [0.25, 0.3) is 0 Å². The molecule has 1 amide bonds. The molecule has 5 heteroatoms. The fraction of sp³-hybridized carbons (Fsp3) is 0.917. The van der Waals surface area contributed by atoms with Crippen LogP contribution in [0, 0.1) is 0 Å². The maximum Gasteiger partial charge on any atom is 0.221 e. The molecule has 3 N–H and O–H groups in total. The Morgan fingerprint density at radius 3 is 2.71 bits per heavy atom. The highest BCUT2D eigenvalue weighted by Gasteiger charge is 2.30. The van der Waals surface area contributed by atoms with Gasteiger partial charge in [0, 0.05) is 51.6 Å². The summed E-state index contributed by atoms with van der Waals surface area (Å²) in [6, 6.07) is 0.641. The molecule has 17 heavy (non-hydrogen) atoms. The first-order valence-corrected chi connectivity index (χ1v) is 6.48. The van der Waals surface area contributed by atoms with E-state index in [4.69, 9.17) is 4.74 Å². The third-order valence-corrected chi connectivity index (χ3v) is 3.40. The Hall–Kier alpha value is -0.650. The standard InChI is InChI=1S/C12H22N2O3/c15-11(3-6-13-10-1-2-10)14-9-12(16)4-7-17-8-5-12/h10,13,16H,1-9H2,(H,14,15). The van der Waals surface area contributed by atoms with Gasteiger partial charge in [-0.05, 0) is 12.8 Å². The topological polar surface area (TPSA) is 70.6 Å². The molecule has 0 unspecified atom stereocenters. The maximum atomic E-state index is 11.5. The zero-order valence-electron chi connectivity index (χ0n) is 10.2. The van der Waals surface area contributed by atoms with Crippen LogP contribution in [0.5, 0.6) is 0 Å². The molecule has 1 saturated heterocycles. The van der Waals surface area contributed by atoms with Crippen molar-refractivity contribution >= 4 is 5.91 Å². The second kappa shape index (κ2) is 5.80. The summed E-state index contributed by atoms with van der Waals surface area (Å²) in [4.78, 5) is 11.5. The van der Waals surface area contributed by atoms with Crippen molar-refractivity contribution < 1.29 is 14.6 Å². The number of hydrogen-bond donors (Lipinski definition) is 3. The van der Waals surface area contributed by atoms with Gasteiger partial charge in [-0.1, -0.05) is 0 Å². The Balaban J connectivity index is 1.57. The highest BCUT2D eigenvalue weighted by atomic mass is 16.5. The van der Waals surface area contributed by atoms with Gasteiger partial charge in [-0.3, -0.25) is 4.79 Å². The van der Waals surface area contributed by atoms with Crippen molar-refractivity contribution in [1.82, 2.24) is 10.6 Å². The molecule has 0 aromatic rings. The third kappa shape index (κ3) is 4.61. The monoisotopic (exact) mass is 242 g/mol. The van der Waals surface area contributed by atoms with Crippen LogP contribution in [0.1, 0.15) is 32.1 Å². The number of aliphatic hydroxyl groups is 1. The summed E-state index contributed by atoms with van der Waals surface area (Å²) in [5, 5.41) is 16.2. The molecule has 0 atom stereocenters. The molecular formula is C12H22N2O3. The van der Waals surface area contributed by atoms with Crippen molar-refractivity contribution in [3.05, 3.63) is 0 Å². The van der Waals surface area contributed by atoms with Gasteiger partial charge in [0.2, 0.25) is 5.91 Å². The van der Waals surface area contributed by atoms with Crippen molar-refractivity contribution in [2.24, 2.45) is 0 Å². The molecule has 1 heterocycles. The van der Waals surface area contributed by atoms with Crippen LogP contribution in [-0.4, -0.2) is 49.0 Å². The van der Waals surface area contributed by atoms with E-state index >= 15 is 0 Å². The van der Waals surface area contributed by atoms with E-state index in [1.165, 1.54) is 12.8 Å². The molecule has 0 radical (unpaired) electrons. The van der Waals surface area contributed by atoms with Gasteiger partial charge in [0.25, 0.3) is 0 Å². The van der Waals surface area contributed by atoms with Gasteiger partial charge in [-0.15, -0.1) is 0 Å². The largest absolute Gasteiger partial charge is 0.388 e. The number of ether oxygens (including phenoxy) is 1. The van der Waals surface area contributed by atoms with Gasteiger partial charge in [0.05, 0.1) is 5.60 Å². The van der Waals surface area contributed by atoms with E-state index in [0.717, 1.165) is 6.54 Å². The predicted molar refractivity (Wildman–Crippen MR) is 63.7 cm³/mol. The first-order chi connectivity index (χ1) is 8.18. The van der Waals surface area contributed by atoms with Gasteiger partial charge in [-0.25, -0.2) is 0 Å². The molecule has 0 spiro atoms. The second-order valence-electron chi connectivity index (χ2n) is 5.09. The van der Waals surface area contributed by atoms with Crippen LogP contribution in [0.2, 0.25) is 0 Å². The van der Waals surface area contributed by atoms with Crippen molar-refractivity contribution in [2.45, 2.75) is 43.7 Å². The van der Waals surface area contributed by atoms with Crippen LogP contribution in [0.3, 0.4) is 0 Å². The van der Waals surface area contributed by atoms with E-state index in [0.29, 0.717) is 45.1 Å². The molecule has 2 aliphatic rings. The summed E-state index contributed by atoms with van der Waals surface area (Å²) in [7, 11) is 0. The lowest BCUT2D eigenvalue weighted by molar-refractivity contribution is -0.123. The summed E-state index contributed by atoms with van der Waals surface area (Å²) in [5.74, 6) is 0.0121. The van der Waals surface area contributed by atoms with Gasteiger partial charge in [-0.2, -0.15) is 0 Å². The van der Waals surface area contributed by atoms with E-state index in [9.17, 15) is 9.90 Å². The van der Waals surface area contributed by atoms with E-state index in [-0.39, 0.29) is 5.91 Å². The van der Waals surface area contributed by atoms with Crippen LogP contribution in [0.15, 0.2) is 0 Å². The van der Waals surface area contributed by atoms with Crippen LogP contribution in [-0.2, 0) is 9.53 Å². The zero-order chi connectivity index (χ0) is 12.1. The molecule has 1 saturated carbocycles. The van der Waals surface area contributed by atoms with Gasteiger partial charge in [0.15, 0.2) is 0 Å². The average molecular weight is 242 g/mol. The molecule has 1 aliphatic heterocycles. The first kappa shape index (κ1) is 12.8. The average Bonchev–Trinajstić information content (AvgIpc) is 3.12. The Bertz CT molecular complexity index is 260. The first-order valence-electron chi connectivity index (χ1n) is 6.48. The summed E-state index contributed by atoms with van der Waals surface area (Å²) in [5.41, 5.74) is -0.766. The van der Waals surface area contributed by atoms with Crippen LogP contribution in [0.4, 0.5) is 0 Å². The van der Waals surface area contributed by atoms with E-state index in [1.807, 2.05) is 0 Å². The fourth-order valence-corrected chi connectivity index (χ4v) is 1.96. The van der Waals surface area contributed by atoms with Gasteiger partial charge < -0.3 is 20.5 Å². The molecule has 5 nitrogen and oxygen atoms in total. The van der Waals surface area contributed by atoms with E-state index in [1.54, 1.807) is 0 Å². The fourth-order valence-electron chi connectivity index (χ4n) is 1.96. The van der Waals surface area contributed by atoms with Crippen LogP contribution < -0.4 is 10.6 Å². The second-order valence-corrected chi connectivity index (χ2v) is 5.09. The lowest BCUT2D eigenvalue weighted by Gasteiger charge is -2.32. The summed E-state index contributed by atoms with van der Waals surface area (Å²) < 4.78 is 5.19. The smallest absolute Gasteiger partial charge is 0.221 e. The molecule has 1 aliphatic carbocycles. The Kier molecular flexibility index (Phi) is 4.36. The minimum Gasteiger partial charge on any atom is -0.388 e. The lowest BCUT2D eigenvalue weighted by atomic mass is 9.94. The third-order valence-electron chi connectivity index (χ3n) is 3.40. The van der Waals surface area contributed by atoms with E-state index < -0.39 is 5.60 Å². The highest BCUT2D eigenvalue weighted by Crippen LogP contribution is 2.19. The van der Waals surface area contributed by atoms with Crippen molar-refractivity contribution in [3.63, 3.8) is 0 Å². The van der Waals surface area contributed by atoms with E-state index in [2.05, 4.69) is 10.6 Å². The van der Waals surface area contributed by atoms with Crippen molar-refractivity contribution in [1.29, 1.82) is 0 Å². The summed E-state index contributed by atoms with van der Waals surface area (Å²) in [6.45, 7) is 2.24. The number of carbonyl (C=O) groups is 1. The predicted octanol–water partition coefficient (Wildman–Crippen LogP) is -0.214. The molecule has 2 rings (SSSR count). The molecule has 0 aromatic carbocycles. The number of carbonyl (C=O) groups excluding carboxylic acids is 1. The zero-order valence-corrected chi connectivity index (χ0v) is 10.2. The minimum absolute atomic E-state index is 0.0121.